The fraction of sp³-hybridized carbons (Fsp3) is 0.455. The molecule has 0 unspecified atom stereocenters. The van der Waals surface area contributed by atoms with E-state index in [-0.39, 0.29) is 0 Å². The van der Waals surface area contributed by atoms with Crippen molar-refractivity contribution >= 4 is 37.5 Å². The van der Waals surface area contributed by atoms with E-state index in [1.165, 1.54) is 18.5 Å². The molecular weight excluding hydrogens is 306 g/mol. The Kier molecular flexibility index (Phi) is 3.50. The van der Waals surface area contributed by atoms with Gasteiger partial charge in [0, 0.05) is 28.1 Å². The number of anilines is 1. The number of rotatable bonds is 1. The summed E-state index contributed by atoms with van der Waals surface area (Å²) in [5.74, 6) is 0. The molecule has 3 heteroatoms. The lowest BCUT2D eigenvalue weighted by Crippen LogP contribution is -2.33. The van der Waals surface area contributed by atoms with Gasteiger partial charge in [-0.2, -0.15) is 0 Å². The zero-order valence-corrected chi connectivity index (χ0v) is 11.1. The smallest absolute Gasteiger partial charge is 0.0366 e. The van der Waals surface area contributed by atoms with Crippen LogP contribution in [0.3, 0.4) is 0 Å². The molecule has 2 rings (SSSR count). The molecule has 1 heterocycles. The standard InChI is InChI=1S/C11H13Br2N/c12-9-1-3-11(4-2-9)14-7-5-10(13)6-8-14/h1-4,10H,5-8H2. The van der Waals surface area contributed by atoms with Crippen LogP contribution in [0.25, 0.3) is 0 Å². The lowest BCUT2D eigenvalue weighted by molar-refractivity contribution is 0.597. The highest BCUT2D eigenvalue weighted by Crippen LogP contribution is 2.24. The summed E-state index contributed by atoms with van der Waals surface area (Å²) in [4.78, 5) is 3.17. The van der Waals surface area contributed by atoms with Gasteiger partial charge in [0.2, 0.25) is 0 Å². The molecule has 1 aliphatic rings. The summed E-state index contributed by atoms with van der Waals surface area (Å²) >= 11 is 7.12. The molecule has 1 saturated heterocycles. The molecule has 0 amide bonds. The van der Waals surface area contributed by atoms with E-state index in [0.717, 1.165) is 17.6 Å². The van der Waals surface area contributed by atoms with Crippen LogP contribution in [0.4, 0.5) is 5.69 Å². The van der Waals surface area contributed by atoms with Crippen LogP contribution in [0, 0.1) is 0 Å². The highest BCUT2D eigenvalue weighted by atomic mass is 79.9. The van der Waals surface area contributed by atoms with Gasteiger partial charge in [-0.25, -0.2) is 0 Å². The maximum absolute atomic E-state index is 3.67. The first kappa shape index (κ1) is 10.5. The van der Waals surface area contributed by atoms with Gasteiger partial charge in [0.1, 0.15) is 0 Å². The first-order chi connectivity index (χ1) is 6.75. The third kappa shape index (κ3) is 2.51. The highest BCUT2D eigenvalue weighted by Gasteiger charge is 2.16. The molecule has 0 atom stereocenters. The van der Waals surface area contributed by atoms with Crippen molar-refractivity contribution in [3.8, 4) is 0 Å². The number of nitrogens with zero attached hydrogens (tertiary/aromatic N) is 1. The first-order valence-corrected chi connectivity index (χ1v) is 6.61. The summed E-state index contributed by atoms with van der Waals surface area (Å²) in [6, 6.07) is 8.57. The van der Waals surface area contributed by atoms with E-state index < -0.39 is 0 Å². The molecule has 1 fully saturated rings. The zero-order chi connectivity index (χ0) is 9.97. The molecule has 0 aromatic heterocycles. The lowest BCUT2D eigenvalue weighted by Gasteiger charge is -2.31. The Morgan fingerprint density at radius 1 is 1.07 bits per heavy atom. The molecule has 0 saturated carbocycles. The van der Waals surface area contributed by atoms with E-state index in [2.05, 4.69) is 61.0 Å². The SMILES string of the molecule is Brc1ccc(N2CCC(Br)CC2)cc1. The van der Waals surface area contributed by atoms with Gasteiger partial charge in [-0.1, -0.05) is 31.9 Å². The monoisotopic (exact) mass is 317 g/mol. The maximum Gasteiger partial charge on any atom is 0.0366 e. The molecular formula is C11H13Br2N. The summed E-state index contributed by atoms with van der Waals surface area (Å²) in [6.45, 7) is 2.33. The molecule has 0 N–H and O–H groups in total. The fourth-order valence-electron chi connectivity index (χ4n) is 1.76. The molecule has 0 spiro atoms. The van der Waals surface area contributed by atoms with E-state index in [0.29, 0.717) is 4.83 Å². The van der Waals surface area contributed by atoms with Crippen LogP contribution < -0.4 is 4.90 Å². The number of alkyl halides is 1. The number of piperidine rings is 1. The van der Waals surface area contributed by atoms with Crippen LogP contribution in [0.1, 0.15) is 12.8 Å². The van der Waals surface area contributed by atoms with Crippen molar-refractivity contribution < 1.29 is 0 Å². The van der Waals surface area contributed by atoms with Gasteiger partial charge in [0.15, 0.2) is 0 Å². The number of hydrogen-bond acceptors (Lipinski definition) is 1. The summed E-state index contributed by atoms with van der Waals surface area (Å²) in [7, 11) is 0. The molecule has 1 nitrogen and oxygen atoms in total. The molecule has 0 aliphatic carbocycles. The minimum Gasteiger partial charge on any atom is -0.371 e. The largest absolute Gasteiger partial charge is 0.371 e. The van der Waals surface area contributed by atoms with Crippen LogP contribution >= 0.6 is 31.9 Å². The van der Waals surface area contributed by atoms with Crippen molar-refractivity contribution in [3.05, 3.63) is 28.7 Å². The van der Waals surface area contributed by atoms with Crippen LogP contribution in [0.5, 0.6) is 0 Å². The molecule has 76 valence electrons. The van der Waals surface area contributed by atoms with Crippen molar-refractivity contribution in [2.24, 2.45) is 0 Å². The Hall–Kier alpha value is -0.0200. The van der Waals surface area contributed by atoms with Crippen molar-refractivity contribution in [2.45, 2.75) is 17.7 Å². The summed E-state index contributed by atoms with van der Waals surface area (Å²) < 4.78 is 1.15. The Labute approximate surface area is 102 Å². The van der Waals surface area contributed by atoms with Crippen molar-refractivity contribution in [1.82, 2.24) is 0 Å². The second-order valence-electron chi connectivity index (χ2n) is 3.64. The third-order valence-electron chi connectivity index (χ3n) is 2.62. The van der Waals surface area contributed by atoms with Gasteiger partial charge in [0.25, 0.3) is 0 Å². The average Bonchev–Trinajstić information content (AvgIpc) is 2.21. The molecule has 0 radical (unpaired) electrons. The normalized spacial score (nSPS) is 18.6. The minimum atomic E-state index is 0.717. The minimum absolute atomic E-state index is 0.717. The van der Waals surface area contributed by atoms with Crippen LogP contribution in [-0.2, 0) is 0 Å². The first-order valence-electron chi connectivity index (χ1n) is 4.90. The van der Waals surface area contributed by atoms with Gasteiger partial charge in [-0.15, -0.1) is 0 Å². The molecule has 1 aromatic carbocycles. The Morgan fingerprint density at radius 2 is 1.64 bits per heavy atom. The van der Waals surface area contributed by atoms with E-state index in [4.69, 9.17) is 0 Å². The number of hydrogen-bond donors (Lipinski definition) is 0. The summed E-state index contributed by atoms with van der Waals surface area (Å²) in [5, 5.41) is 0. The topological polar surface area (TPSA) is 3.24 Å². The Morgan fingerprint density at radius 3 is 2.21 bits per heavy atom. The summed E-state index contributed by atoms with van der Waals surface area (Å²) in [5.41, 5.74) is 1.34. The lowest BCUT2D eigenvalue weighted by atomic mass is 10.1. The highest BCUT2D eigenvalue weighted by molar-refractivity contribution is 9.10. The van der Waals surface area contributed by atoms with Gasteiger partial charge in [0.05, 0.1) is 0 Å². The van der Waals surface area contributed by atoms with Gasteiger partial charge < -0.3 is 4.90 Å². The molecule has 0 bridgehead atoms. The zero-order valence-electron chi connectivity index (χ0n) is 7.92. The van der Waals surface area contributed by atoms with Crippen molar-refractivity contribution in [3.63, 3.8) is 0 Å². The second kappa shape index (κ2) is 4.67. The number of benzene rings is 1. The predicted octanol–water partition coefficient (Wildman–Crippen LogP) is 3.81. The van der Waals surface area contributed by atoms with Crippen LogP contribution in [-0.4, -0.2) is 17.9 Å². The maximum atomic E-state index is 3.67. The molecule has 14 heavy (non-hydrogen) atoms. The van der Waals surface area contributed by atoms with Gasteiger partial charge >= 0.3 is 0 Å². The Bertz CT molecular complexity index is 289. The molecule has 1 aromatic rings. The fourth-order valence-corrected chi connectivity index (χ4v) is 2.43. The Balaban J connectivity index is 2.05. The predicted molar refractivity (Wildman–Crippen MR) is 68.3 cm³/mol. The van der Waals surface area contributed by atoms with Gasteiger partial charge in [-0.05, 0) is 37.1 Å². The van der Waals surface area contributed by atoms with Crippen LogP contribution in [0.2, 0.25) is 0 Å². The number of halogens is 2. The second-order valence-corrected chi connectivity index (χ2v) is 5.85. The average molecular weight is 319 g/mol. The van der Waals surface area contributed by atoms with Gasteiger partial charge in [-0.3, -0.25) is 0 Å². The molecule has 1 aliphatic heterocycles. The van der Waals surface area contributed by atoms with Crippen molar-refractivity contribution in [1.29, 1.82) is 0 Å². The summed E-state index contributed by atoms with van der Waals surface area (Å²) in [6.07, 6.45) is 2.49. The van der Waals surface area contributed by atoms with E-state index in [9.17, 15) is 0 Å². The van der Waals surface area contributed by atoms with E-state index in [1.54, 1.807) is 0 Å². The van der Waals surface area contributed by atoms with Crippen molar-refractivity contribution in [2.75, 3.05) is 18.0 Å². The van der Waals surface area contributed by atoms with Crippen LogP contribution in [0.15, 0.2) is 28.7 Å². The quantitative estimate of drug-likeness (QED) is 0.712. The van der Waals surface area contributed by atoms with E-state index in [1.807, 2.05) is 0 Å². The van der Waals surface area contributed by atoms with E-state index >= 15 is 0 Å². The third-order valence-corrected chi connectivity index (χ3v) is 4.06.